The Labute approximate surface area is 123 Å². The first-order chi connectivity index (χ1) is 10.1. The number of hydrogen-bond donors (Lipinski definition) is 2. The van der Waals surface area contributed by atoms with E-state index in [1.165, 1.54) is 12.1 Å². The molecular formula is C14H22F2N4O. The normalized spacial score (nSPS) is 18.9. The summed E-state index contributed by atoms with van der Waals surface area (Å²) in [6, 6.07) is 6.57. The first kappa shape index (κ1) is 16.1. The largest absolute Gasteiger partial charge is 0.435 e. The number of likely N-dealkylation sites (N-methyl/N-ethyl adjacent to an activating group) is 1. The number of nitrogens with zero attached hydrogens (tertiary/aromatic N) is 2. The van der Waals surface area contributed by atoms with E-state index in [0.29, 0.717) is 6.54 Å². The lowest BCUT2D eigenvalue weighted by atomic mass is 10.1. The van der Waals surface area contributed by atoms with E-state index in [2.05, 4.69) is 27.1 Å². The zero-order valence-electron chi connectivity index (χ0n) is 12.1. The van der Waals surface area contributed by atoms with Crippen LogP contribution in [0.15, 0.2) is 24.3 Å². The van der Waals surface area contributed by atoms with Crippen molar-refractivity contribution in [1.82, 2.24) is 15.3 Å². The summed E-state index contributed by atoms with van der Waals surface area (Å²) < 4.78 is 28.6. The van der Waals surface area contributed by atoms with Gasteiger partial charge in [0.15, 0.2) is 0 Å². The van der Waals surface area contributed by atoms with Crippen LogP contribution in [-0.4, -0.2) is 56.3 Å². The van der Waals surface area contributed by atoms with Crippen molar-refractivity contribution < 1.29 is 13.5 Å². The average Bonchev–Trinajstić information content (AvgIpc) is 2.47. The highest BCUT2D eigenvalue weighted by atomic mass is 19.3. The number of halogens is 2. The molecule has 1 aromatic rings. The fourth-order valence-electron chi connectivity index (χ4n) is 2.30. The van der Waals surface area contributed by atoms with E-state index in [9.17, 15) is 8.78 Å². The van der Waals surface area contributed by atoms with Gasteiger partial charge in [-0.15, -0.1) is 0 Å². The second kappa shape index (κ2) is 7.65. The van der Waals surface area contributed by atoms with Crippen molar-refractivity contribution in [3.63, 3.8) is 0 Å². The van der Waals surface area contributed by atoms with E-state index in [1.807, 2.05) is 0 Å². The molecule has 0 aromatic heterocycles. The lowest BCUT2D eigenvalue weighted by molar-refractivity contribution is -0.0498. The predicted octanol–water partition coefficient (Wildman–Crippen LogP) is 1.04. The number of nitrogens with one attached hydrogen (secondary N) is 1. The van der Waals surface area contributed by atoms with Gasteiger partial charge in [-0.2, -0.15) is 8.78 Å². The number of rotatable bonds is 6. The number of ether oxygens (including phenoxy) is 1. The number of hydrazine groups is 1. The standard InChI is InChI=1S/C14H22F2N4O/c1-19-6-8-20(9-7-19)18-13(10-17)11-2-4-12(5-3-11)21-14(15)16/h2-5,13-14,18H,6-10,17H2,1H3. The summed E-state index contributed by atoms with van der Waals surface area (Å²) in [5.41, 5.74) is 10.2. The molecular weight excluding hydrogens is 278 g/mol. The molecule has 7 heteroatoms. The Kier molecular flexibility index (Phi) is 5.86. The minimum Gasteiger partial charge on any atom is -0.435 e. The van der Waals surface area contributed by atoms with Crippen molar-refractivity contribution in [2.45, 2.75) is 12.7 Å². The maximum atomic E-state index is 12.1. The molecule has 5 nitrogen and oxygen atoms in total. The van der Waals surface area contributed by atoms with Crippen LogP contribution in [0.2, 0.25) is 0 Å². The Balaban J connectivity index is 1.93. The molecule has 21 heavy (non-hydrogen) atoms. The van der Waals surface area contributed by atoms with Gasteiger partial charge in [0.05, 0.1) is 6.04 Å². The van der Waals surface area contributed by atoms with Gasteiger partial charge >= 0.3 is 6.61 Å². The zero-order valence-corrected chi connectivity index (χ0v) is 12.1. The Morgan fingerprint density at radius 3 is 2.33 bits per heavy atom. The summed E-state index contributed by atoms with van der Waals surface area (Å²) in [6.07, 6.45) is 0. The van der Waals surface area contributed by atoms with Gasteiger partial charge in [-0.3, -0.25) is 0 Å². The monoisotopic (exact) mass is 300 g/mol. The summed E-state index contributed by atoms with van der Waals surface area (Å²) in [4.78, 5) is 2.27. The van der Waals surface area contributed by atoms with Crippen LogP contribution >= 0.6 is 0 Å². The molecule has 1 aliphatic heterocycles. The third kappa shape index (κ3) is 4.89. The van der Waals surface area contributed by atoms with Gasteiger partial charge in [-0.25, -0.2) is 10.4 Å². The van der Waals surface area contributed by atoms with Crippen molar-refractivity contribution in [2.24, 2.45) is 5.73 Å². The van der Waals surface area contributed by atoms with Gasteiger partial charge in [-0.1, -0.05) is 12.1 Å². The molecule has 1 saturated heterocycles. The molecule has 3 N–H and O–H groups in total. The first-order valence-corrected chi connectivity index (χ1v) is 7.03. The Bertz CT molecular complexity index is 421. The zero-order chi connectivity index (χ0) is 15.2. The SMILES string of the molecule is CN1CCN(NC(CN)c2ccc(OC(F)F)cc2)CC1. The molecule has 1 atom stereocenters. The summed E-state index contributed by atoms with van der Waals surface area (Å²) >= 11 is 0. The third-order valence-electron chi connectivity index (χ3n) is 3.59. The molecule has 118 valence electrons. The predicted molar refractivity (Wildman–Crippen MR) is 77.1 cm³/mol. The summed E-state index contributed by atoms with van der Waals surface area (Å²) in [6.45, 7) is 1.50. The van der Waals surface area contributed by atoms with E-state index in [4.69, 9.17) is 5.73 Å². The molecule has 1 aromatic carbocycles. The van der Waals surface area contributed by atoms with Gasteiger partial charge in [0, 0.05) is 32.7 Å². The highest BCUT2D eigenvalue weighted by Crippen LogP contribution is 2.19. The number of alkyl halides is 2. The molecule has 1 unspecified atom stereocenters. The summed E-state index contributed by atoms with van der Waals surface area (Å²) in [5.74, 6) is 0.157. The number of benzene rings is 1. The third-order valence-corrected chi connectivity index (χ3v) is 3.59. The molecule has 0 aliphatic carbocycles. The van der Waals surface area contributed by atoms with E-state index in [-0.39, 0.29) is 11.8 Å². The number of nitrogens with two attached hydrogens (primary N) is 1. The minimum absolute atomic E-state index is 0.0333. The molecule has 0 amide bonds. The lowest BCUT2D eigenvalue weighted by Gasteiger charge is -2.35. The van der Waals surface area contributed by atoms with E-state index in [1.54, 1.807) is 12.1 Å². The molecule has 1 fully saturated rings. The van der Waals surface area contributed by atoms with E-state index in [0.717, 1.165) is 31.7 Å². The molecule has 0 bridgehead atoms. The quantitative estimate of drug-likeness (QED) is 0.822. The minimum atomic E-state index is -2.80. The maximum Gasteiger partial charge on any atom is 0.387 e. The van der Waals surface area contributed by atoms with E-state index < -0.39 is 6.61 Å². The van der Waals surface area contributed by atoms with Crippen LogP contribution in [0.25, 0.3) is 0 Å². The van der Waals surface area contributed by atoms with Crippen LogP contribution in [0.4, 0.5) is 8.78 Å². The van der Waals surface area contributed by atoms with Crippen LogP contribution in [0.3, 0.4) is 0 Å². The van der Waals surface area contributed by atoms with Gasteiger partial charge < -0.3 is 15.4 Å². The summed E-state index contributed by atoms with van der Waals surface area (Å²) in [7, 11) is 2.10. The highest BCUT2D eigenvalue weighted by Gasteiger charge is 2.18. The fraction of sp³-hybridized carbons (Fsp3) is 0.571. The molecule has 1 aliphatic rings. The van der Waals surface area contributed by atoms with Crippen LogP contribution in [0.1, 0.15) is 11.6 Å². The highest BCUT2D eigenvalue weighted by molar-refractivity contribution is 5.29. The topological polar surface area (TPSA) is 53.8 Å². The Hall–Kier alpha value is -1.28. The van der Waals surface area contributed by atoms with Gasteiger partial charge in [0.1, 0.15) is 5.75 Å². The Morgan fingerprint density at radius 2 is 1.81 bits per heavy atom. The van der Waals surface area contributed by atoms with Gasteiger partial charge in [-0.05, 0) is 24.7 Å². The van der Waals surface area contributed by atoms with E-state index >= 15 is 0 Å². The molecule has 2 rings (SSSR count). The maximum absolute atomic E-state index is 12.1. The van der Waals surface area contributed by atoms with Crippen molar-refractivity contribution in [1.29, 1.82) is 0 Å². The van der Waals surface area contributed by atoms with Crippen molar-refractivity contribution in [3.05, 3.63) is 29.8 Å². The second-order valence-corrected chi connectivity index (χ2v) is 5.16. The molecule has 0 spiro atoms. The Morgan fingerprint density at radius 1 is 1.19 bits per heavy atom. The number of hydrogen-bond acceptors (Lipinski definition) is 5. The average molecular weight is 300 g/mol. The number of piperazine rings is 1. The summed E-state index contributed by atoms with van der Waals surface area (Å²) in [5, 5.41) is 2.15. The molecule has 0 radical (unpaired) electrons. The lowest BCUT2D eigenvalue weighted by Crippen LogP contribution is -2.52. The fourth-order valence-corrected chi connectivity index (χ4v) is 2.30. The van der Waals surface area contributed by atoms with Crippen molar-refractivity contribution in [3.8, 4) is 5.75 Å². The molecule has 0 saturated carbocycles. The van der Waals surface area contributed by atoms with Crippen molar-refractivity contribution >= 4 is 0 Å². The van der Waals surface area contributed by atoms with Crippen LogP contribution in [-0.2, 0) is 0 Å². The van der Waals surface area contributed by atoms with Crippen LogP contribution in [0.5, 0.6) is 5.75 Å². The first-order valence-electron chi connectivity index (χ1n) is 7.03. The van der Waals surface area contributed by atoms with Crippen LogP contribution in [0, 0.1) is 0 Å². The van der Waals surface area contributed by atoms with Gasteiger partial charge in [0.2, 0.25) is 0 Å². The second-order valence-electron chi connectivity index (χ2n) is 5.16. The smallest absolute Gasteiger partial charge is 0.387 e. The van der Waals surface area contributed by atoms with Gasteiger partial charge in [0.25, 0.3) is 0 Å². The van der Waals surface area contributed by atoms with Crippen molar-refractivity contribution in [2.75, 3.05) is 39.8 Å². The van der Waals surface area contributed by atoms with Crippen LogP contribution < -0.4 is 15.9 Å². The molecule has 1 heterocycles.